The lowest BCUT2D eigenvalue weighted by Crippen LogP contribution is -2.53. The molecule has 0 fully saturated rings. The average Bonchev–Trinajstić information content (AvgIpc) is 2.80. The van der Waals surface area contributed by atoms with Crippen LogP contribution in [0.4, 0.5) is 4.79 Å². The van der Waals surface area contributed by atoms with Gasteiger partial charge in [-0.2, -0.15) is 0 Å². The van der Waals surface area contributed by atoms with Crippen LogP contribution in [0.5, 0.6) is 5.75 Å². The molecular weight excluding hydrogens is 450 g/mol. The number of rotatable bonds is 8. The number of nitrogens with one attached hydrogen (secondary N) is 2. The van der Waals surface area contributed by atoms with E-state index in [9.17, 15) is 24.6 Å². The van der Waals surface area contributed by atoms with Crippen molar-refractivity contribution in [3.05, 3.63) is 65.2 Å². The van der Waals surface area contributed by atoms with E-state index in [2.05, 4.69) is 16.7 Å². The molecule has 2 aromatic rings. The number of ether oxygens (including phenoxy) is 1. The first-order chi connectivity index (χ1) is 16.5. The number of benzene rings is 2. The maximum absolute atomic E-state index is 13.3. The summed E-state index contributed by atoms with van der Waals surface area (Å²) >= 11 is 0. The number of alkyl carbamates (subject to hydrolysis) is 1. The van der Waals surface area contributed by atoms with Crippen LogP contribution in [0.15, 0.2) is 48.5 Å². The fourth-order valence-electron chi connectivity index (χ4n) is 3.25. The first kappa shape index (κ1) is 27.2. The van der Waals surface area contributed by atoms with Gasteiger partial charge in [-0.05, 0) is 38.8 Å². The molecule has 35 heavy (non-hydrogen) atoms. The van der Waals surface area contributed by atoms with Crippen LogP contribution in [0, 0.1) is 19.4 Å². The average molecular weight is 482 g/mol. The third-order valence-corrected chi connectivity index (χ3v) is 4.93. The molecule has 4 N–H and O–H groups in total. The summed E-state index contributed by atoms with van der Waals surface area (Å²) in [7, 11) is 0. The zero-order chi connectivity index (χ0) is 26.2. The van der Waals surface area contributed by atoms with Gasteiger partial charge >= 0.3 is 6.09 Å². The van der Waals surface area contributed by atoms with Crippen LogP contribution in [0.3, 0.4) is 0 Å². The van der Waals surface area contributed by atoms with Crippen LogP contribution in [-0.4, -0.2) is 51.3 Å². The molecule has 0 aliphatic rings. The molecule has 2 atom stereocenters. The number of phenols is 1. The van der Waals surface area contributed by atoms with E-state index in [1.165, 1.54) is 6.07 Å². The van der Waals surface area contributed by atoms with Gasteiger partial charge in [-0.1, -0.05) is 55.0 Å². The molecule has 0 heterocycles. The van der Waals surface area contributed by atoms with Crippen molar-refractivity contribution in [3.63, 3.8) is 0 Å². The second-order valence-corrected chi connectivity index (χ2v) is 8.84. The van der Waals surface area contributed by atoms with Gasteiger partial charge in [0.2, 0.25) is 5.91 Å². The Hall–Kier alpha value is -4.03. The molecule has 0 saturated carbocycles. The lowest BCUT2D eigenvalue weighted by atomic mass is 9.99. The van der Waals surface area contributed by atoms with Crippen LogP contribution in [-0.2, 0) is 20.9 Å². The lowest BCUT2D eigenvalue weighted by molar-refractivity contribution is -0.139. The van der Waals surface area contributed by atoms with Gasteiger partial charge in [0, 0.05) is 18.2 Å². The van der Waals surface area contributed by atoms with E-state index in [-0.39, 0.29) is 17.9 Å². The van der Waals surface area contributed by atoms with Gasteiger partial charge < -0.3 is 25.6 Å². The number of carbonyl (C=O) groups is 3. The third-order valence-electron chi connectivity index (χ3n) is 4.93. The molecule has 3 amide bonds. The van der Waals surface area contributed by atoms with Crippen LogP contribution in [0.2, 0.25) is 0 Å². The molecule has 9 heteroatoms. The van der Waals surface area contributed by atoms with E-state index in [0.717, 1.165) is 10.5 Å². The van der Waals surface area contributed by atoms with Gasteiger partial charge in [0.1, 0.15) is 17.4 Å². The van der Waals surface area contributed by atoms with Gasteiger partial charge in [0.05, 0.1) is 6.61 Å². The predicted octanol–water partition coefficient (Wildman–Crippen LogP) is 2.36. The number of aliphatic hydroxyl groups excluding tert-OH is 1. The number of terminal acetylenes is 1. The van der Waals surface area contributed by atoms with Crippen molar-refractivity contribution in [1.29, 1.82) is 0 Å². The molecule has 0 aromatic heterocycles. The quantitative estimate of drug-likeness (QED) is 0.339. The van der Waals surface area contributed by atoms with E-state index in [4.69, 9.17) is 11.2 Å². The first-order valence-corrected chi connectivity index (χ1v) is 11.0. The molecule has 9 nitrogen and oxygen atoms in total. The number of hydrogen-bond donors (Lipinski definition) is 4. The zero-order valence-corrected chi connectivity index (χ0v) is 20.2. The Morgan fingerprint density at radius 1 is 1.11 bits per heavy atom. The fourth-order valence-corrected chi connectivity index (χ4v) is 3.25. The Morgan fingerprint density at radius 3 is 2.34 bits per heavy atom. The van der Waals surface area contributed by atoms with E-state index >= 15 is 0 Å². The maximum atomic E-state index is 13.3. The summed E-state index contributed by atoms with van der Waals surface area (Å²) in [6.07, 6.45) is 4.70. The van der Waals surface area contributed by atoms with E-state index < -0.39 is 42.2 Å². The predicted molar refractivity (Wildman–Crippen MR) is 130 cm³/mol. The van der Waals surface area contributed by atoms with Crippen molar-refractivity contribution in [2.24, 2.45) is 0 Å². The summed E-state index contributed by atoms with van der Waals surface area (Å²) in [6, 6.07) is 13.1. The van der Waals surface area contributed by atoms with E-state index in [1.54, 1.807) is 39.8 Å². The minimum absolute atomic E-state index is 0.0934. The molecule has 0 aliphatic heterocycles. The standard InChI is InChI=1S/C26H31N3O6/c1-6-29(24(33)20(16-30)28-25(34)35-26(3,4)5)21(19-14-10-11-17(2)22(19)31)23(32)27-15-18-12-8-7-9-13-18/h1,7-14,20-21,30-31H,15-16H2,2-5H3,(H,27,32)(H,28,34). The zero-order valence-electron chi connectivity index (χ0n) is 20.2. The lowest BCUT2D eigenvalue weighted by Gasteiger charge is -2.30. The smallest absolute Gasteiger partial charge is 0.408 e. The van der Waals surface area contributed by atoms with Crippen molar-refractivity contribution in [2.75, 3.05) is 6.61 Å². The van der Waals surface area contributed by atoms with Crippen molar-refractivity contribution >= 4 is 17.9 Å². The van der Waals surface area contributed by atoms with Gasteiger partial charge in [-0.15, -0.1) is 0 Å². The SMILES string of the molecule is C#CN(C(=O)C(CO)NC(=O)OC(C)(C)C)C(C(=O)NCc1ccccc1)c1cccc(C)c1O. The number of hydrogen-bond acceptors (Lipinski definition) is 6. The van der Waals surface area contributed by atoms with Crippen LogP contribution in [0.1, 0.15) is 43.5 Å². The number of carbonyl (C=O) groups excluding carboxylic acids is 3. The largest absolute Gasteiger partial charge is 0.507 e. The van der Waals surface area contributed by atoms with Gasteiger partial charge in [-0.25, -0.2) is 4.79 Å². The second kappa shape index (κ2) is 11.9. The molecule has 2 unspecified atom stereocenters. The van der Waals surface area contributed by atoms with Gasteiger partial charge in [0.25, 0.3) is 5.91 Å². The molecule has 186 valence electrons. The molecular formula is C26H31N3O6. The summed E-state index contributed by atoms with van der Waals surface area (Å²) < 4.78 is 5.15. The highest BCUT2D eigenvalue weighted by molar-refractivity contribution is 5.93. The molecule has 2 aromatic carbocycles. The monoisotopic (exact) mass is 481 g/mol. The highest BCUT2D eigenvalue weighted by Crippen LogP contribution is 2.32. The minimum Gasteiger partial charge on any atom is -0.507 e. The number of aliphatic hydroxyl groups is 1. The Kier molecular flexibility index (Phi) is 9.26. The summed E-state index contributed by atoms with van der Waals surface area (Å²) in [6.45, 7) is 5.92. The fraction of sp³-hybridized carbons (Fsp3) is 0.346. The third kappa shape index (κ3) is 7.48. The number of aromatic hydroxyl groups is 1. The highest BCUT2D eigenvalue weighted by atomic mass is 16.6. The summed E-state index contributed by atoms with van der Waals surface area (Å²) in [5.74, 6) is -1.79. The van der Waals surface area contributed by atoms with Gasteiger partial charge in [-0.3, -0.25) is 14.5 Å². The molecule has 0 aliphatic carbocycles. The van der Waals surface area contributed by atoms with E-state index in [0.29, 0.717) is 5.56 Å². The molecule has 0 bridgehead atoms. The van der Waals surface area contributed by atoms with Crippen LogP contribution in [0.25, 0.3) is 0 Å². The normalized spacial score (nSPS) is 12.6. The van der Waals surface area contributed by atoms with Crippen molar-refractivity contribution in [1.82, 2.24) is 15.5 Å². The molecule has 2 rings (SSSR count). The Bertz CT molecular complexity index is 1090. The highest BCUT2D eigenvalue weighted by Gasteiger charge is 2.37. The topological polar surface area (TPSA) is 128 Å². The van der Waals surface area contributed by atoms with Crippen molar-refractivity contribution in [3.8, 4) is 18.2 Å². The van der Waals surface area contributed by atoms with Crippen LogP contribution < -0.4 is 10.6 Å². The number of aryl methyl sites for hydroxylation is 1. The van der Waals surface area contributed by atoms with E-state index in [1.807, 2.05) is 30.3 Å². The Morgan fingerprint density at radius 2 is 1.77 bits per heavy atom. The first-order valence-electron chi connectivity index (χ1n) is 11.0. The maximum Gasteiger partial charge on any atom is 0.408 e. The minimum atomic E-state index is -1.49. The van der Waals surface area contributed by atoms with Crippen molar-refractivity contribution in [2.45, 2.75) is 51.9 Å². The Balaban J connectivity index is 2.39. The molecule has 0 saturated heterocycles. The molecule has 0 radical (unpaired) electrons. The summed E-state index contributed by atoms with van der Waals surface area (Å²) in [4.78, 5) is 39.5. The van der Waals surface area contributed by atoms with Gasteiger partial charge in [0.15, 0.2) is 6.04 Å². The van der Waals surface area contributed by atoms with Crippen LogP contribution >= 0.6 is 0 Å². The molecule has 0 spiro atoms. The number of para-hydroxylation sites is 1. The number of nitrogens with zero attached hydrogens (tertiary/aromatic N) is 1. The van der Waals surface area contributed by atoms with Crippen molar-refractivity contribution < 1.29 is 29.3 Å². The Labute approximate surface area is 205 Å². The number of amides is 3. The summed E-state index contributed by atoms with van der Waals surface area (Å²) in [5, 5.41) is 25.5. The number of phenolic OH excluding ortho intramolecular Hbond substituents is 1. The second-order valence-electron chi connectivity index (χ2n) is 8.84. The summed E-state index contributed by atoms with van der Waals surface area (Å²) in [5.41, 5.74) is 0.534.